The van der Waals surface area contributed by atoms with Gasteiger partial charge in [0, 0.05) is 23.2 Å². The zero-order valence-corrected chi connectivity index (χ0v) is 13.1. The fraction of sp³-hybridized carbons (Fsp3) is 0.571. The Hall–Kier alpha value is -1.14. The second-order valence-electron chi connectivity index (χ2n) is 4.99. The Morgan fingerprint density at radius 1 is 1.40 bits per heavy atom. The quantitative estimate of drug-likeness (QED) is 0.645. The molecule has 5 nitrogen and oxygen atoms in total. The minimum Gasteiger partial charge on any atom is -0.379 e. The molecule has 0 atom stereocenters. The minimum absolute atomic E-state index is 0.117. The van der Waals surface area contributed by atoms with Crippen molar-refractivity contribution in [2.75, 3.05) is 11.9 Å². The maximum Gasteiger partial charge on any atom is 0.293 e. The van der Waals surface area contributed by atoms with Crippen LogP contribution in [0.25, 0.3) is 0 Å². The monoisotopic (exact) mass is 342 g/mol. The zero-order valence-electron chi connectivity index (χ0n) is 11.5. The fourth-order valence-electron chi connectivity index (χ4n) is 2.61. The maximum atomic E-state index is 11.1. The van der Waals surface area contributed by atoms with Crippen LogP contribution in [0.1, 0.15) is 32.6 Å². The summed E-state index contributed by atoms with van der Waals surface area (Å²) in [7, 11) is 0. The Balaban J connectivity index is 1.99. The predicted octanol–water partition coefficient (Wildman–Crippen LogP) is 4.12. The standard InChI is InChI=1S/C14H19BrN2O3/c1-2-20-12-6-4-11(5-7-12)16-13-8-3-10(15)9-14(13)17(18)19/h3,8-9,11-12,16H,2,4-7H2,1H3. The van der Waals surface area contributed by atoms with Crippen LogP contribution in [0.5, 0.6) is 0 Å². The van der Waals surface area contributed by atoms with E-state index in [-0.39, 0.29) is 16.7 Å². The van der Waals surface area contributed by atoms with E-state index >= 15 is 0 Å². The molecule has 0 unspecified atom stereocenters. The van der Waals surface area contributed by atoms with Gasteiger partial charge >= 0.3 is 0 Å². The highest BCUT2D eigenvalue weighted by Crippen LogP contribution is 2.31. The lowest BCUT2D eigenvalue weighted by Crippen LogP contribution is -2.30. The van der Waals surface area contributed by atoms with E-state index < -0.39 is 0 Å². The summed E-state index contributed by atoms with van der Waals surface area (Å²) in [6.45, 7) is 2.76. The van der Waals surface area contributed by atoms with Gasteiger partial charge in [-0.2, -0.15) is 0 Å². The van der Waals surface area contributed by atoms with E-state index in [0.29, 0.717) is 11.8 Å². The van der Waals surface area contributed by atoms with Crippen LogP contribution in [0.4, 0.5) is 11.4 Å². The van der Waals surface area contributed by atoms with E-state index in [4.69, 9.17) is 4.74 Å². The van der Waals surface area contributed by atoms with Gasteiger partial charge in [-0.3, -0.25) is 10.1 Å². The summed E-state index contributed by atoms with van der Waals surface area (Å²) in [6.07, 6.45) is 4.33. The first-order valence-corrected chi connectivity index (χ1v) is 7.71. The fourth-order valence-corrected chi connectivity index (χ4v) is 2.96. The van der Waals surface area contributed by atoms with Gasteiger partial charge in [-0.1, -0.05) is 15.9 Å². The van der Waals surface area contributed by atoms with Gasteiger partial charge in [-0.05, 0) is 44.7 Å². The first-order chi connectivity index (χ1) is 9.60. The second-order valence-corrected chi connectivity index (χ2v) is 5.91. The molecule has 0 bridgehead atoms. The summed E-state index contributed by atoms with van der Waals surface area (Å²) in [5.41, 5.74) is 0.712. The normalized spacial score (nSPS) is 22.5. The molecule has 1 aliphatic carbocycles. The lowest BCUT2D eigenvalue weighted by Gasteiger charge is -2.29. The molecule has 0 amide bonds. The molecule has 0 heterocycles. The van der Waals surface area contributed by atoms with E-state index in [1.54, 1.807) is 6.07 Å². The Bertz CT molecular complexity index is 473. The summed E-state index contributed by atoms with van der Waals surface area (Å²) in [6, 6.07) is 5.40. The Morgan fingerprint density at radius 2 is 2.10 bits per heavy atom. The van der Waals surface area contributed by atoms with Crippen LogP contribution in [0, 0.1) is 10.1 Å². The first kappa shape index (κ1) is 15.3. The van der Waals surface area contributed by atoms with Crippen molar-refractivity contribution in [2.45, 2.75) is 44.8 Å². The summed E-state index contributed by atoms with van der Waals surface area (Å²) in [5, 5.41) is 14.4. The SMILES string of the molecule is CCOC1CCC(Nc2ccc(Br)cc2[N+](=O)[O-])CC1. The molecule has 1 fully saturated rings. The van der Waals surface area contributed by atoms with E-state index in [2.05, 4.69) is 21.2 Å². The number of benzene rings is 1. The molecule has 6 heteroatoms. The third-order valence-corrected chi connectivity index (χ3v) is 4.09. The molecule has 0 radical (unpaired) electrons. The molecular weight excluding hydrogens is 324 g/mol. The smallest absolute Gasteiger partial charge is 0.293 e. The Kier molecular flexibility index (Phi) is 5.37. The number of nitro benzene ring substituents is 1. The van der Waals surface area contributed by atoms with Crippen LogP contribution in [0.15, 0.2) is 22.7 Å². The van der Waals surface area contributed by atoms with Crippen LogP contribution in [-0.4, -0.2) is 23.7 Å². The number of hydrogen-bond acceptors (Lipinski definition) is 4. The molecule has 1 N–H and O–H groups in total. The van der Waals surface area contributed by atoms with Crippen LogP contribution >= 0.6 is 15.9 Å². The molecule has 1 saturated carbocycles. The Morgan fingerprint density at radius 3 is 2.70 bits per heavy atom. The number of nitro groups is 1. The summed E-state index contributed by atoms with van der Waals surface area (Å²) in [5.74, 6) is 0. The van der Waals surface area contributed by atoms with Gasteiger partial charge in [0.2, 0.25) is 0 Å². The minimum atomic E-state index is -0.348. The van der Waals surface area contributed by atoms with E-state index in [0.717, 1.165) is 36.8 Å². The summed E-state index contributed by atoms with van der Waals surface area (Å²) in [4.78, 5) is 10.7. The third-order valence-electron chi connectivity index (χ3n) is 3.59. The average Bonchev–Trinajstić information content (AvgIpc) is 2.43. The van der Waals surface area contributed by atoms with E-state index in [1.165, 1.54) is 6.07 Å². The van der Waals surface area contributed by atoms with Crippen LogP contribution in [0.3, 0.4) is 0 Å². The molecule has 1 aromatic carbocycles. The van der Waals surface area contributed by atoms with Crippen molar-refractivity contribution in [3.63, 3.8) is 0 Å². The maximum absolute atomic E-state index is 11.1. The number of nitrogens with one attached hydrogen (secondary N) is 1. The van der Waals surface area contributed by atoms with Gasteiger partial charge in [-0.25, -0.2) is 0 Å². The van der Waals surface area contributed by atoms with Gasteiger partial charge in [0.25, 0.3) is 5.69 Å². The van der Waals surface area contributed by atoms with E-state index in [1.807, 2.05) is 13.0 Å². The van der Waals surface area contributed by atoms with Crippen molar-refractivity contribution in [1.82, 2.24) is 0 Å². The number of anilines is 1. The lowest BCUT2D eigenvalue weighted by molar-refractivity contribution is -0.384. The first-order valence-electron chi connectivity index (χ1n) is 6.92. The van der Waals surface area contributed by atoms with Crippen molar-refractivity contribution >= 4 is 27.3 Å². The van der Waals surface area contributed by atoms with Gasteiger partial charge in [0.1, 0.15) is 5.69 Å². The van der Waals surface area contributed by atoms with Gasteiger partial charge in [-0.15, -0.1) is 0 Å². The Labute approximate surface area is 127 Å². The number of hydrogen-bond donors (Lipinski definition) is 1. The van der Waals surface area contributed by atoms with Gasteiger partial charge < -0.3 is 10.1 Å². The summed E-state index contributed by atoms with van der Waals surface area (Å²) >= 11 is 3.27. The largest absolute Gasteiger partial charge is 0.379 e. The highest BCUT2D eigenvalue weighted by molar-refractivity contribution is 9.10. The number of ether oxygens (including phenoxy) is 1. The topological polar surface area (TPSA) is 64.4 Å². The lowest BCUT2D eigenvalue weighted by atomic mass is 9.92. The molecule has 20 heavy (non-hydrogen) atoms. The number of rotatable bonds is 5. The van der Waals surface area contributed by atoms with Crippen molar-refractivity contribution in [3.8, 4) is 0 Å². The molecule has 0 aliphatic heterocycles. The zero-order chi connectivity index (χ0) is 14.5. The molecule has 1 aromatic rings. The molecule has 2 rings (SSSR count). The predicted molar refractivity (Wildman–Crippen MR) is 82.1 cm³/mol. The average molecular weight is 343 g/mol. The highest BCUT2D eigenvalue weighted by atomic mass is 79.9. The molecule has 0 aromatic heterocycles. The number of nitrogens with zero attached hydrogens (tertiary/aromatic N) is 1. The molecule has 0 spiro atoms. The molecule has 1 aliphatic rings. The van der Waals surface area contributed by atoms with Gasteiger partial charge in [0.15, 0.2) is 0 Å². The van der Waals surface area contributed by atoms with Gasteiger partial charge in [0.05, 0.1) is 11.0 Å². The highest BCUT2D eigenvalue weighted by Gasteiger charge is 2.23. The van der Waals surface area contributed by atoms with E-state index in [9.17, 15) is 10.1 Å². The van der Waals surface area contributed by atoms with Crippen molar-refractivity contribution < 1.29 is 9.66 Å². The molecule has 110 valence electrons. The van der Waals surface area contributed by atoms with Crippen molar-refractivity contribution in [3.05, 3.63) is 32.8 Å². The molecular formula is C14H19BrN2O3. The number of halogens is 1. The summed E-state index contributed by atoms with van der Waals surface area (Å²) < 4.78 is 6.33. The molecule has 0 saturated heterocycles. The van der Waals surface area contributed by atoms with Crippen molar-refractivity contribution in [2.24, 2.45) is 0 Å². The second kappa shape index (κ2) is 7.04. The van der Waals surface area contributed by atoms with Crippen LogP contribution < -0.4 is 5.32 Å². The third kappa shape index (κ3) is 3.93. The van der Waals surface area contributed by atoms with Crippen molar-refractivity contribution in [1.29, 1.82) is 0 Å². The van der Waals surface area contributed by atoms with Crippen LogP contribution in [0.2, 0.25) is 0 Å². The van der Waals surface area contributed by atoms with Crippen LogP contribution in [-0.2, 0) is 4.74 Å².